The number of carbonyl (C=O) groups excluding carboxylic acids is 2. The third-order valence-corrected chi connectivity index (χ3v) is 2.38. The maximum absolute atomic E-state index is 11.7. The summed E-state index contributed by atoms with van der Waals surface area (Å²) in [5, 5.41) is 13.2. The van der Waals surface area contributed by atoms with Gasteiger partial charge in [0.05, 0.1) is 4.92 Å². The zero-order chi connectivity index (χ0) is 14.4. The second kappa shape index (κ2) is 6.64. The van der Waals surface area contributed by atoms with E-state index in [1.165, 1.54) is 0 Å². The van der Waals surface area contributed by atoms with Crippen LogP contribution < -0.4 is 11.1 Å². The summed E-state index contributed by atoms with van der Waals surface area (Å²) in [7, 11) is 0. The molecule has 1 aromatic rings. The van der Waals surface area contributed by atoms with Crippen LogP contribution in [0.4, 0.5) is 5.69 Å². The number of hydrogen-bond acceptors (Lipinski definition) is 5. The summed E-state index contributed by atoms with van der Waals surface area (Å²) < 4.78 is 0. The Balaban J connectivity index is 2.73. The Morgan fingerprint density at radius 3 is 2.79 bits per heavy atom. The molecule has 19 heavy (non-hydrogen) atoms. The number of nitro groups is 1. The number of halogens is 1. The van der Waals surface area contributed by atoms with Gasteiger partial charge in [0.25, 0.3) is 11.6 Å². The van der Waals surface area contributed by atoms with Crippen molar-refractivity contribution in [3.63, 3.8) is 0 Å². The van der Waals surface area contributed by atoms with E-state index in [0.717, 1.165) is 12.3 Å². The van der Waals surface area contributed by atoms with E-state index in [2.05, 4.69) is 10.3 Å². The van der Waals surface area contributed by atoms with Crippen LogP contribution in [0.15, 0.2) is 12.3 Å². The molecule has 0 aliphatic rings. The number of primary amides is 1. The zero-order valence-electron chi connectivity index (χ0n) is 9.76. The van der Waals surface area contributed by atoms with E-state index in [0.29, 0.717) is 6.42 Å². The largest absolute Gasteiger partial charge is 0.370 e. The van der Waals surface area contributed by atoms with Gasteiger partial charge in [-0.05, 0) is 12.5 Å². The lowest BCUT2D eigenvalue weighted by atomic mass is 10.2. The van der Waals surface area contributed by atoms with Crippen molar-refractivity contribution in [1.29, 1.82) is 0 Å². The Labute approximate surface area is 113 Å². The molecule has 0 aliphatic heterocycles. The Morgan fingerprint density at radius 2 is 2.21 bits per heavy atom. The first kappa shape index (κ1) is 14.8. The maximum atomic E-state index is 11.7. The summed E-state index contributed by atoms with van der Waals surface area (Å²) in [5.41, 5.74) is 4.33. The van der Waals surface area contributed by atoms with Gasteiger partial charge in [0.1, 0.15) is 16.9 Å². The van der Waals surface area contributed by atoms with Crippen LogP contribution in [0, 0.1) is 10.1 Å². The van der Waals surface area contributed by atoms with Gasteiger partial charge in [-0.3, -0.25) is 19.7 Å². The lowest BCUT2D eigenvalue weighted by Crippen LogP contribution is -2.26. The molecule has 1 rings (SSSR count). The second-order valence-corrected chi connectivity index (χ2v) is 3.99. The van der Waals surface area contributed by atoms with Gasteiger partial charge < -0.3 is 11.1 Å². The van der Waals surface area contributed by atoms with Gasteiger partial charge >= 0.3 is 0 Å². The van der Waals surface area contributed by atoms with Crippen molar-refractivity contribution in [2.45, 2.75) is 12.8 Å². The molecule has 1 heterocycles. The average Bonchev–Trinajstić information content (AvgIpc) is 2.33. The Hall–Kier alpha value is -2.22. The fraction of sp³-hybridized carbons (Fsp3) is 0.300. The minimum Gasteiger partial charge on any atom is -0.370 e. The van der Waals surface area contributed by atoms with Gasteiger partial charge in [-0.25, -0.2) is 4.98 Å². The van der Waals surface area contributed by atoms with Crippen molar-refractivity contribution >= 4 is 29.1 Å². The van der Waals surface area contributed by atoms with E-state index >= 15 is 0 Å². The minimum absolute atomic E-state index is 0.0205. The molecule has 8 nitrogen and oxygen atoms in total. The van der Waals surface area contributed by atoms with E-state index in [-0.39, 0.29) is 23.7 Å². The zero-order valence-corrected chi connectivity index (χ0v) is 10.5. The number of rotatable bonds is 6. The number of pyridine rings is 1. The summed E-state index contributed by atoms with van der Waals surface area (Å²) in [6.07, 6.45) is 1.40. The van der Waals surface area contributed by atoms with Crippen molar-refractivity contribution in [1.82, 2.24) is 10.3 Å². The molecule has 0 radical (unpaired) electrons. The molecule has 2 amide bonds. The summed E-state index contributed by atoms with van der Waals surface area (Å²) in [6, 6.07) is 1.11. The number of aromatic nitrogens is 1. The molecular formula is C10H11ClN4O4. The third kappa shape index (κ3) is 4.51. The van der Waals surface area contributed by atoms with Crippen LogP contribution in [-0.2, 0) is 4.79 Å². The van der Waals surface area contributed by atoms with E-state index in [4.69, 9.17) is 17.3 Å². The molecule has 0 saturated heterocycles. The standard InChI is InChI=1S/C10H11ClN4O4/c11-8-4-6(7(5-14-8)15(18)19)10(17)13-3-1-2-9(12)16/h4-5H,1-3H2,(H2,12,16)(H,13,17). The normalized spacial score (nSPS) is 9.95. The van der Waals surface area contributed by atoms with Crippen LogP contribution in [0.5, 0.6) is 0 Å². The topological polar surface area (TPSA) is 128 Å². The van der Waals surface area contributed by atoms with E-state index in [9.17, 15) is 19.7 Å². The number of carbonyl (C=O) groups is 2. The quantitative estimate of drug-likeness (QED) is 0.343. The number of nitrogens with one attached hydrogen (secondary N) is 1. The average molecular weight is 287 g/mol. The molecule has 0 bridgehead atoms. The molecule has 0 aliphatic carbocycles. The van der Waals surface area contributed by atoms with E-state index in [1.807, 2.05) is 0 Å². The third-order valence-electron chi connectivity index (χ3n) is 2.18. The molecule has 3 N–H and O–H groups in total. The molecule has 1 aromatic heterocycles. The fourth-order valence-corrected chi connectivity index (χ4v) is 1.47. The van der Waals surface area contributed by atoms with Crippen molar-refractivity contribution in [3.8, 4) is 0 Å². The minimum atomic E-state index is -0.721. The van der Waals surface area contributed by atoms with Gasteiger partial charge in [-0.15, -0.1) is 0 Å². The smallest absolute Gasteiger partial charge is 0.300 e. The molecule has 0 atom stereocenters. The second-order valence-electron chi connectivity index (χ2n) is 3.61. The first-order valence-corrected chi connectivity index (χ1v) is 5.66. The van der Waals surface area contributed by atoms with Gasteiger partial charge in [0, 0.05) is 13.0 Å². The Kier molecular flexibility index (Phi) is 5.19. The molecular weight excluding hydrogens is 276 g/mol. The highest BCUT2D eigenvalue weighted by atomic mass is 35.5. The highest BCUT2D eigenvalue weighted by Crippen LogP contribution is 2.20. The van der Waals surface area contributed by atoms with Crippen LogP contribution >= 0.6 is 11.6 Å². The van der Waals surface area contributed by atoms with Crippen molar-refractivity contribution < 1.29 is 14.5 Å². The van der Waals surface area contributed by atoms with Crippen molar-refractivity contribution in [2.75, 3.05) is 6.54 Å². The highest BCUT2D eigenvalue weighted by molar-refractivity contribution is 6.29. The monoisotopic (exact) mass is 286 g/mol. The van der Waals surface area contributed by atoms with Crippen molar-refractivity contribution in [2.24, 2.45) is 5.73 Å². The summed E-state index contributed by atoms with van der Waals surface area (Å²) in [4.78, 5) is 35.8. The first-order valence-electron chi connectivity index (χ1n) is 5.28. The number of hydrogen-bond donors (Lipinski definition) is 2. The highest BCUT2D eigenvalue weighted by Gasteiger charge is 2.20. The van der Waals surface area contributed by atoms with E-state index in [1.54, 1.807) is 0 Å². The predicted molar refractivity (Wildman–Crippen MR) is 66.7 cm³/mol. The summed E-state index contributed by atoms with van der Waals surface area (Å²) in [5.74, 6) is -1.13. The molecule has 0 aromatic carbocycles. The number of nitrogens with zero attached hydrogens (tertiary/aromatic N) is 2. The molecule has 0 unspecified atom stereocenters. The Morgan fingerprint density at radius 1 is 1.53 bits per heavy atom. The Bertz CT molecular complexity index is 520. The van der Waals surface area contributed by atoms with Crippen LogP contribution in [0.3, 0.4) is 0 Å². The van der Waals surface area contributed by atoms with Gasteiger partial charge in [-0.2, -0.15) is 0 Å². The molecule has 9 heteroatoms. The van der Waals surface area contributed by atoms with Crippen molar-refractivity contribution in [3.05, 3.63) is 33.1 Å². The van der Waals surface area contributed by atoms with Gasteiger partial charge in [0.15, 0.2) is 0 Å². The molecule has 0 saturated carbocycles. The molecule has 102 valence electrons. The molecule has 0 fully saturated rings. The number of amides is 2. The van der Waals surface area contributed by atoms with Crippen LogP contribution in [0.25, 0.3) is 0 Å². The lowest BCUT2D eigenvalue weighted by molar-refractivity contribution is -0.385. The maximum Gasteiger partial charge on any atom is 0.300 e. The SMILES string of the molecule is NC(=O)CCCNC(=O)c1cc(Cl)ncc1[N+](=O)[O-]. The summed E-state index contributed by atoms with van der Waals surface area (Å²) in [6.45, 7) is 0.179. The molecule has 0 spiro atoms. The summed E-state index contributed by atoms with van der Waals surface area (Å²) >= 11 is 5.59. The van der Waals surface area contributed by atoms with Crippen LogP contribution in [0.2, 0.25) is 5.15 Å². The number of nitrogens with two attached hydrogens (primary N) is 1. The van der Waals surface area contributed by atoms with Gasteiger partial charge in [-0.1, -0.05) is 11.6 Å². The fourth-order valence-electron chi connectivity index (χ4n) is 1.31. The van der Waals surface area contributed by atoms with Crippen LogP contribution in [-0.4, -0.2) is 28.3 Å². The van der Waals surface area contributed by atoms with Gasteiger partial charge in [0.2, 0.25) is 5.91 Å². The first-order chi connectivity index (χ1) is 8.91. The predicted octanol–water partition coefficient (Wildman–Crippen LogP) is 0.638. The van der Waals surface area contributed by atoms with E-state index < -0.39 is 22.4 Å². The van der Waals surface area contributed by atoms with Crippen LogP contribution in [0.1, 0.15) is 23.2 Å². The lowest BCUT2D eigenvalue weighted by Gasteiger charge is -2.05.